The van der Waals surface area contributed by atoms with Crippen LogP contribution in [0, 0.1) is 5.82 Å². The van der Waals surface area contributed by atoms with Gasteiger partial charge in [-0.05, 0) is 66.6 Å². The molecule has 2 N–H and O–H groups in total. The van der Waals surface area contributed by atoms with Crippen LogP contribution in [0.25, 0.3) is 0 Å². The van der Waals surface area contributed by atoms with Gasteiger partial charge >= 0.3 is 0 Å². The predicted molar refractivity (Wildman–Crippen MR) is 158 cm³/mol. The van der Waals surface area contributed by atoms with Gasteiger partial charge in [-0.2, -0.15) is 0 Å². The number of methoxy groups -OCH3 is 1. The van der Waals surface area contributed by atoms with Crippen LogP contribution in [-0.2, 0) is 43.7 Å². The summed E-state index contributed by atoms with van der Waals surface area (Å²) in [4.78, 5) is 29.1. The molecule has 4 rings (SSSR count). The average Bonchev–Trinajstić information content (AvgIpc) is 3.81. The molecular weight excluding hydrogens is 557 g/mol. The molecule has 3 aromatic carbocycles. The Morgan fingerprint density at radius 2 is 1.62 bits per heavy atom. The zero-order valence-electron chi connectivity index (χ0n) is 23.8. The first-order valence-corrected chi connectivity index (χ1v) is 15.7. The molecule has 42 heavy (non-hydrogen) atoms. The molecule has 0 aromatic heterocycles. The second kappa shape index (κ2) is 15.0. The Bertz CT molecular complexity index is 1410. The molecule has 0 heterocycles. The minimum absolute atomic E-state index is 0.0143. The molecule has 3 aromatic rings. The number of carbonyl (C=O) groups is 2. The number of hydrogen-bond donors (Lipinski definition) is 2. The molecule has 1 saturated carbocycles. The standard InChI is InChI=1S/C32H38FN3O5S/c1-41-21-5-20-34-32(38)30(22-25-6-3-2-4-7-25)36(23-26-8-13-27(33)14-9-26)31(37)19-12-24-10-17-29(18-11-24)42(39,40)35-28-15-16-28/h2-4,6-11,13-14,17-18,28,30,35H,5,12,15-16,19-23H2,1H3,(H,34,38)/t30-/m0/s1. The van der Waals surface area contributed by atoms with Crippen molar-refractivity contribution in [2.45, 2.75) is 62.0 Å². The van der Waals surface area contributed by atoms with Crippen molar-refractivity contribution in [2.75, 3.05) is 20.3 Å². The molecule has 1 fully saturated rings. The van der Waals surface area contributed by atoms with Gasteiger partial charge < -0.3 is 15.0 Å². The smallest absolute Gasteiger partial charge is 0.243 e. The largest absolute Gasteiger partial charge is 0.385 e. The van der Waals surface area contributed by atoms with E-state index in [0.717, 1.165) is 24.0 Å². The molecule has 224 valence electrons. The van der Waals surface area contributed by atoms with Crippen LogP contribution >= 0.6 is 0 Å². The van der Waals surface area contributed by atoms with Gasteiger partial charge in [0.15, 0.2) is 0 Å². The molecule has 8 nitrogen and oxygen atoms in total. The fourth-order valence-electron chi connectivity index (χ4n) is 4.61. The van der Waals surface area contributed by atoms with Crippen molar-refractivity contribution in [3.05, 3.63) is 101 Å². The van der Waals surface area contributed by atoms with E-state index >= 15 is 0 Å². The molecule has 0 saturated heterocycles. The summed E-state index contributed by atoms with van der Waals surface area (Å²) in [5, 5.41) is 2.94. The summed E-state index contributed by atoms with van der Waals surface area (Å²) in [6.07, 6.45) is 3.12. The molecular formula is C32H38FN3O5S. The number of carbonyl (C=O) groups excluding carboxylic acids is 2. The van der Waals surface area contributed by atoms with Gasteiger partial charge in [-0.15, -0.1) is 0 Å². The lowest BCUT2D eigenvalue weighted by Crippen LogP contribution is -2.50. The number of amides is 2. The van der Waals surface area contributed by atoms with Gasteiger partial charge in [-0.3, -0.25) is 9.59 Å². The predicted octanol–water partition coefficient (Wildman–Crippen LogP) is 3.99. The first-order valence-electron chi connectivity index (χ1n) is 14.2. The molecule has 0 unspecified atom stereocenters. The lowest BCUT2D eigenvalue weighted by atomic mass is 10.0. The SMILES string of the molecule is COCCCNC(=O)[C@H](Cc1ccccc1)N(Cc1ccc(F)cc1)C(=O)CCc1ccc(S(=O)(=O)NC2CC2)cc1. The van der Waals surface area contributed by atoms with Gasteiger partial charge in [-0.1, -0.05) is 54.6 Å². The molecule has 0 bridgehead atoms. The molecule has 0 radical (unpaired) electrons. The fourth-order valence-corrected chi connectivity index (χ4v) is 5.91. The summed E-state index contributed by atoms with van der Waals surface area (Å²) < 4.78 is 46.4. The van der Waals surface area contributed by atoms with Gasteiger partial charge in [0, 0.05) is 45.7 Å². The van der Waals surface area contributed by atoms with Crippen molar-refractivity contribution < 1.29 is 27.1 Å². The molecule has 2 amide bonds. The monoisotopic (exact) mass is 595 g/mol. The topological polar surface area (TPSA) is 105 Å². The highest BCUT2D eigenvalue weighted by atomic mass is 32.2. The van der Waals surface area contributed by atoms with Gasteiger partial charge in [-0.25, -0.2) is 17.5 Å². The highest BCUT2D eigenvalue weighted by molar-refractivity contribution is 7.89. The van der Waals surface area contributed by atoms with Crippen molar-refractivity contribution in [2.24, 2.45) is 0 Å². The van der Waals surface area contributed by atoms with Gasteiger partial charge in [0.05, 0.1) is 4.90 Å². The third-order valence-corrected chi connectivity index (χ3v) is 8.66. The number of nitrogens with zero attached hydrogens (tertiary/aromatic N) is 1. The van der Waals surface area contributed by atoms with Crippen molar-refractivity contribution in [1.82, 2.24) is 14.9 Å². The Kier molecular flexibility index (Phi) is 11.2. The zero-order chi connectivity index (χ0) is 30.0. The third-order valence-electron chi connectivity index (χ3n) is 7.12. The number of ether oxygens (including phenoxy) is 1. The number of aryl methyl sites for hydroxylation is 1. The van der Waals surface area contributed by atoms with Crippen LogP contribution in [0.1, 0.15) is 42.4 Å². The lowest BCUT2D eigenvalue weighted by molar-refractivity contribution is -0.141. The second-order valence-corrected chi connectivity index (χ2v) is 12.2. The van der Waals surface area contributed by atoms with Crippen molar-refractivity contribution in [1.29, 1.82) is 0 Å². The van der Waals surface area contributed by atoms with Crippen LogP contribution in [0.3, 0.4) is 0 Å². The van der Waals surface area contributed by atoms with Crippen molar-refractivity contribution >= 4 is 21.8 Å². The quantitative estimate of drug-likeness (QED) is 0.244. The highest BCUT2D eigenvalue weighted by Gasteiger charge is 2.30. The molecule has 0 aliphatic heterocycles. The fraction of sp³-hybridized carbons (Fsp3) is 0.375. The van der Waals surface area contributed by atoms with Gasteiger partial charge in [0.25, 0.3) is 0 Å². The summed E-state index contributed by atoms with van der Waals surface area (Å²) in [5.74, 6) is -0.895. The Labute approximate surface area is 247 Å². The van der Waals surface area contributed by atoms with E-state index in [0.29, 0.717) is 38.0 Å². The van der Waals surface area contributed by atoms with Crippen LogP contribution in [0.2, 0.25) is 0 Å². The maximum absolute atomic E-state index is 13.8. The number of hydrogen-bond acceptors (Lipinski definition) is 5. The first kappa shape index (κ1) is 31.3. The van der Waals surface area contributed by atoms with Crippen LogP contribution < -0.4 is 10.0 Å². The zero-order valence-corrected chi connectivity index (χ0v) is 24.6. The Morgan fingerprint density at radius 3 is 2.26 bits per heavy atom. The maximum Gasteiger partial charge on any atom is 0.243 e. The van der Waals surface area contributed by atoms with E-state index in [9.17, 15) is 22.4 Å². The summed E-state index contributed by atoms with van der Waals surface area (Å²) in [6, 6.07) is 21.1. The van der Waals surface area contributed by atoms with Crippen molar-refractivity contribution in [3.8, 4) is 0 Å². The van der Waals surface area contributed by atoms with E-state index in [4.69, 9.17) is 4.74 Å². The summed E-state index contributed by atoms with van der Waals surface area (Å²) in [7, 11) is -1.96. The summed E-state index contributed by atoms with van der Waals surface area (Å²) in [6.45, 7) is 1.03. The molecule has 1 aliphatic rings. The Balaban J connectivity index is 1.52. The minimum Gasteiger partial charge on any atom is -0.385 e. The van der Waals surface area contributed by atoms with Gasteiger partial charge in [0.2, 0.25) is 21.8 Å². The molecule has 10 heteroatoms. The average molecular weight is 596 g/mol. The molecule has 1 aliphatic carbocycles. The number of nitrogens with one attached hydrogen (secondary N) is 2. The second-order valence-electron chi connectivity index (χ2n) is 10.5. The number of benzene rings is 3. The Morgan fingerprint density at radius 1 is 0.952 bits per heavy atom. The van der Waals surface area contributed by atoms with E-state index in [2.05, 4.69) is 10.0 Å². The van der Waals surface area contributed by atoms with E-state index in [-0.39, 0.29) is 41.5 Å². The van der Waals surface area contributed by atoms with Crippen LogP contribution in [-0.4, -0.2) is 57.5 Å². The van der Waals surface area contributed by atoms with Crippen LogP contribution in [0.5, 0.6) is 0 Å². The van der Waals surface area contributed by atoms with E-state index in [1.54, 1.807) is 48.4 Å². The van der Waals surface area contributed by atoms with Gasteiger partial charge in [0.1, 0.15) is 11.9 Å². The number of sulfonamides is 1. The highest BCUT2D eigenvalue weighted by Crippen LogP contribution is 2.23. The normalized spacial score (nSPS) is 13.9. The van der Waals surface area contributed by atoms with E-state index < -0.39 is 16.1 Å². The summed E-state index contributed by atoms with van der Waals surface area (Å²) >= 11 is 0. The molecule has 1 atom stereocenters. The minimum atomic E-state index is -3.56. The lowest BCUT2D eigenvalue weighted by Gasteiger charge is -2.31. The Hall–Kier alpha value is -3.60. The van der Waals surface area contributed by atoms with Crippen LogP contribution in [0.4, 0.5) is 4.39 Å². The van der Waals surface area contributed by atoms with E-state index in [1.807, 2.05) is 30.3 Å². The third kappa shape index (κ3) is 9.47. The van der Waals surface area contributed by atoms with E-state index in [1.165, 1.54) is 12.1 Å². The number of rotatable bonds is 16. The first-order chi connectivity index (χ1) is 20.2. The molecule has 0 spiro atoms. The maximum atomic E-state index is 13.8. The van der Waals surface area contributed by atoms with Crippen molar-refractivity contribution in [3.63, 3.8) is 0 Å². The summed E-state index contributed by atoms with van der Waals surface area (Å²) in [5.41, 5.74) is 2.41. The number of halogens is 1. The van der Waals surface area contributed by atoms with Crippen LogP contribution in [0.15, 0.2) is 83.8 Å².